The number of nitrogens with one attached hydrogen (secondary N) is 1. The van der Waals surface area contributed by atoms with E-state index < -0.39 is 37.5 Å². The van der Waals surface area contributed by atoms with Gasteiger partial charge in [0.05, 0.1) is 0 Å². The van der Waals surface area contributed by atoms with E-state index in [9.17, 15) is 39.0 Å². The molecule has 1 aliphatic heterocycles. The second-order valence-electron chi connectivity index (χ2n) is 2.51. The first-order valence-corrected chi connectivity index (χ1v) is 5.68. The van der Waals surface area contributed by atoms with Gasteiger partial charge in [0.15, 0.2) is 0 Å². The van der Waals surface area contributed by atoms with Crippen LogP contribution in [0.15, 0.2) is 0 Å². The van der Waals surface area contributed by atoms with Gasteiger partial charge in [0.2, 0.25) is 0 Å². The lowest BCUT2D eigenvalue weighted by atomic mass is 10.3. The Morgan fingerprint density at radius 1 is 1.06 bits per heavy atom. The molecule has 0 aromatic carbocycles. The molecule has 0 amide bonds. The van der Waals surface area contributed by atoms with E-state index in [1.54, 1.807) is 0 Å². The summed E-state index contributed by atoms with van der Waals surface area (Å²) in [7, 11) is -6.24. The highest BCUT2D eigenvalue weighted by atomic mass is 32.2. The number of rotatable bonds is 0. The maximum atomic E-state index is 12.6. The molecule has 0 spiro atoms. The summed E-state index contributed by atoms with van der Waals surface area (Å²) in [6, 6.07) is 0. The van der Waals surface area contributed by atoms with Gasteiger partial charge in [0, 0.05) is 0 Å². The first-order chi connectivity index (χ1) is 6.88. The van der Waals surface area contributed by atoms with Crippen LogP contribution in [0.4, 0.5) is 26.3 Å². The Balaban J connectivity index is 3.53. The van der Waals surface area contributed by atoms with Crippen LogP contribution in [0, 0.1) is 0 Å². The zero-order valence-corrected chi connectivity index (χ0v) is 8.35. The second kappa shape index (κ2) is 3.30. The van der Waals surface area contributed by atoms with Gasteiger partial charge in [-0.15, -0.1) is 0 Å². The van der Waals surface area contributed by atoms with Crippen LogP contribution in [-0.4, -0.2) is 29.1 Å². The van der Waals surface area contributed by atoms with E-state index in [1.807, 2.05) is 0 Å². The molecule has 0 aliphatic carbocycles. The van der Waals surface area contributed by atoms with Crippen molar-refractivity contribution in [3.05, 3.63) is 0 Å². The highest BCUT2D eigenvalue weighted by Crippen LogP contribution is 2.51. The predicted molar refractivity (Wildman–Crippen MR) is 36.1 cm³/mol. The van der Waals surface area contributed by atoms with Crippen LogP contribution in [0.3, 0.4) is 0 Å². The minimum absolute atomic E-state index is 0.234. The van der Waals surface area contributed by atoms with E-state index in [-0.39, 0.29) is 4.89 Å². The molecule has 0 radical (unpaired) electrons. The number of hydrogen-bond acceptors (Lipinski definition) is 4. The summed E-state index contributed by atoms with van der Waals surface area (Å²) in [4.78, 5) is 0.234. The van der Waals surface area contributed by atoms with Gasteiger partial charge in [-0.3, -0.25) is 0 Å². The van der Waals surface area contributed by atoms with E-state index in [2.05, 4.69) is 4.28 Å². The normalized spacial score (nSPS) is 35.2. The molecule has 1 saturated heterocycles. The molecule has 1 aliphatic rings. The second-order valence-corrected chi connectivity index (χ2v) is 5.35. The third kappa shape index (κ3) is 1.45. The summed E-state index contributed by atoms with van der Waals surface area (Å²) in [5.74, 6) is -6.38. The van der Waals surface area contributed by atoms with Gasteiger partial charge in [-0.25, -0.2) is 12.6 Å². The summed E-state index contributed by atoms with van der Waals surface area (Å²) in [5, 5.41) is -12.0. The lowest BCUT2D eigenvalue weighted by molar-refractivity contribution is -0.242. The SMILES string of the molecule is O=S1ONS(=O)(=O)C(F)(F)C(F)(F)C1(F)F. The molecule has 5 nitrogen and oxygen atoms in total. The van der Waals surface area contributed by atoms with E-state index in [1.165, 1.54) is 0 Å². The van der Waals surface area contributed by atoms with Crippen molar-refractivity contribution in [2.45, 2.75) is 16.4 Å². The topological polar surface area (TPSA) is 72.5 Å². The Hall–Kier alpha value is -0.400. The first-order valence-electron chi connectivity index (χ1n) is 3.12. The fourth-order valence-electron chi connectivity index (χ4n) is 0.623. The van der Waals surface area contributed by atoms with E-state index in [0.717, 1.165) is 0 Å². The summed E-state index contributed by atoms with van der Waals surface area (Å²) in [6.45, 7) is 0. The fourth-order valence-corrected chi connectivity index (χ4v) is 2.31. The third-order valence-electron chi connectivity index (χ3n) is 1.50. The van der Waals surface area contributed by atoms with Crippen LogP contribution in [0.2, 0.25) is 0 Å². The molecule has 1 N–H and O–H groups in total. The number of hydrogen-bond donors (Lipinski definition) is 1. The largest absolute Gasteiger partial charge is 0.430 e. The van der Waals surface area contributed by atoms with Crippen molar-refractivity contribution >= 4 is 21.1 Å². The Labute approximate surface area is 86.4 Å². The van der Waals surface area contributed by atoms with Gasteiger partial charge in [0.25, 0.3) is 11.1 Å². The molecule has 0 saturated carbocycles. The highest BCUT2D eigenvalue weighted by Gasteiger charge is 2.82. The van der Waals surface area contributed by atoms with Crippen molar-refractivity contribution in [3.8, 4) is 0 Å². The van der Waals surface area contributed by atoms with Gasteiger partial charge in [-0.05, 0) is 0 Å². The van der Waals surface area contributed by atoms with Crippen LogP contribution in [0.25, 0.3) is 0 Å². The lowest BCUT2D eigenvalue weighted by Gasteiger charge is -2.26. The smallest absolute Gasteiger partial charge is 0.221 e. The minimum Gasteiger partial charge on any atom is -0.221 e. The van der Waals surface area contributed by atoms with Crippen LogP contribution in [0.1, 0.15) is 0 Å². The molecule has 13 heteroatoms. The van der Waals surface area contributed by atoms with Crippen LogP contribution >= 0.6 is 0 Å². The Morgan fingerprint density at radius 3 is 1.94 bits per heavy atom. The van der Waals surface area contributed by atoms with Gasteiger partial charge in [0.1, 0.15) is 0 Å². The first kappa shape index (κ1) is 13.7. The van der Waals surface area contributed by atoms with Crippen molar-refractivity contribution in [1.29, 1.82) is 0 Å². The third-order valence-corrected chi connectivity index (χ3v) is 3.75. The van der Waals surface area contributed by atoms with Crippen molar-refractivity contribution in [2.75, 3.05) is 0 Å². The maximum absolute atomic E-state index is 12.6. The van der Waals surface area contributed by atoms with Crippen molar-refractivity contribution in [3.63, 3.8) is 0 Å². The summed E-state index contributed by atoms with van der Waals surface area (Å²) >= 11 is -4.28. The van der Waals surface area contributed by atoms with E-state index in [0.29, 0.717) is 0 Å². The molecule has 1 fully saturated rings. The average molecular weight is 293 g/mol. The number of alkyl halides is 6. The molecule has 96 valence electrons. The van der Waals surface area contributed by atoms with Gasteiger partial charge in [-0.2, -0.15) is 30.6 Å². The monoisotopic (exact) mass is 293 g/mol. The predicted octanol–water partition coefficient (Wildman–Crippen LogP) is 0.336. The standard InChI is InChI=1S/C3HF6NO4S2/c4-1(5)2(6,7)15(11)14-10-16(12,13)3(1,8)9/h10H. The molecular formula is C3HF6NO4S2. The maximum Gasteiger partial charge on any atom is 0.430 e. The molecule has 1 atom stereocenters. The molecule has 0 aromatic heterocycles. The van der Waals surface area contributed by atoms with E-state index >= 15 is 0 Å². The van der Waals surface area contributed by atoms with Crippen molar-refractivity contribution in [1.82, 2.24) is 4.89 Å². The molecular weight excluding hydrogens is 292 g/mol. The zero-order chi connectivity index (χ0) is 13.0. The number of sulfonamides is 1. The minimum atomic E-state index is -6.38. The Kier molecular flexibility index (Phi) is 2.82. The van der Waals surface area contributed by atoms with Gasteiger partial charge in [-0.1, -0.05) is 4.89 Å². The summed E-state index contributed by atoms with van der Waals surface area (Å²) in [6.07, 6.45) is 0. The van der Waals surface area contributed by atoms with Crippen LogP contribution in [-0.2, 0) is 25.4 Å². The summed E-state index contributed by atoms with van der Waals surface area (Å²) < 4.78 is 110. The van der Waals surface area contributed by atoms with Crippen molar-refractivity contribution < 1.29 is 43.3 Å². The quantitative estimate of drug-likeness (QED) is 0.654. The molecule has 16 heavy (non-hydrogen) atoms. The average Bonchev–Trinajstić information content (AvgIpc) is 2.14. The molecule has 1 heterocycles. The highest BCUT2D eigenvalue weighted by molar-refractivity contribution is 7.91. The van der Waals surface area contributed by atoms with E-state index in [4.69, 9.17) is 0 Å². The Bertz CT molecular complexity index is 431. The van der Waals surface area contributed by atoms with Gasteiger partial charge >= 0.3 is 26.5 Å². The number of halogens is 6. The Morgan fingerprint density at radius 2 is 1.50 bits per heavy atom. The summed E-state index contributed by atoms with van der Waals surface area (Å²) in [5.41, 5.74) is 0. The fraction of sp³-hybridized carbons (Fsp3) is 1.00. The molecule has 1 unspecified atom stereocenters. The van der Waals surface area contributed by atoms with Crippen LogP contribution in [0.5, 0.6) is 0 Å². The van der Waals surface area contributed by atoms with Gasteiger partial charge < -0.3 is 0 Å². The molecule has 0 bridgehead atoms. The van der Waals surface area contributed by atoms with Crippen molar-refractivity contribution in [2.24, 2.45) is 0 Å². The molecule has 1 rings (SSSR count). The lowest BCUT2D eigenvalue weighted by Crippen LogP contribution is -2.58. The van der Waals surface area contributed by atoms with Crippen LogP contribution < -0.4 is 4.89 Å². The molecule has 0 aromatic rings. The zero-order valence-electron chi connectivity index (χ0n) is 6.72.